The highest BCUT2D eigenvalue weighted by Gasteiger charge is 2.30. The van der Waals surface area contributed by atoms with Gasteiger partial charge in [-0.2, -0.15) is 0 Å². The van der Waals surface area contributed by atoms with Crippen LogP contribution < -0.4 is 4.90 Å². The van der Waals surface area contributed by atoms with Crippen molar-refractivity contribution in [3.05, 3.63) is 63.4 Å². The lowest BCUT2D eigenvalue weighted by Gasteiger charge is -2.42. The van der Waals surface area contributed by atoms with E-state index in [0.29, 0.717) is 21.3 Å². The first-order chi connectivity index (χ1) is 12.2. The molecule has 136 valence electrons. The molecule has 1 heterocycles. The number of benzene rings is 2. The van der Waals surface area contributed by atoms with Crippen molar-refractivity contribution in [1.82, 2.24) is 0 Å². The van der Waals surface area contributed by atoms with Crippen LogP contribution >= 0.6 is 23.2 Å². The van der Waals surface area contributed by atoms with Crippen molar-refractivity contribution in [2.75, 3.05) is 11.4 Å². The molecule has 26 heavy (non-hydrogen) atoms. The van der Waals surface area contributed by atoms with E-state index in [1.807, 2.05) is 6.07 Å². The minimum Gasteiger partial charge on any atom is -0.363 e. The predicted molar refractivity (Wildman–Crippen MR) is 111 cm³/mol. The molecular weight excluding hydrogens is 370 g/mol. The number of rotatable bonds is 3. The fourth-order valence-corrected chi connectivity index (χ4v) is 3.97. The Hall–Kier alpha value is -1.84. The molecule has 1 aliphatic heterocycles. The summed E-state index contributed by atoms with van der Waals surface area (Å²) in [7, 11) is 0. The number of aliphatic imine (C=N–C) groups is 1. The Bertz CT molecular complexity index is 916. The molecule has 0 saturated heterocycles. The topological polar surface area (TPSA) is 15.6 Å². The van der Waals surface area contributed by atoms with Gasteiger partial charge in [0.2, 0.25) is 0 Å². The number of hydrogen-bond acceptors (Lipinski definition) is 2. The van der Waals surface area contributed by atoms with E-state index >= 15 is 0 Å². The summed E-state index contributed by atoms with van der Waals surface area (Å²) >= 11 is 12.0. The van der Waals surface area contributed by atoms with Gasteiger partial charge in [-0.1, -0.05) is 29.3 Å². The van der Waals surface area contributed by atoms with Crippen LogP contribution in [-0.2, 0) is 0 Å². The van der Waals surface area contributed by atoms with Gasteiger partial charge in [0.1, 0.15) is 5.82 Å². The average molecular weight is 391 g/mol. The lowest BCUT2D eigenvalue weighted by atomic mass is 9.88. The maximum Gasteiger partial charge on any atom is 0.134 e. The van der Waals surface area contributed by atoms with Crippen LogP contribution in [0.25, 0.3) is 5.57 Å². The van der Waals surface area contributed by atoms with Gasteiger partial charge in [-0.25, -0.2) is 4.39 Å². The molecule has 0 bridgehead atoms. The molecule has 0 spiro atoms. The van der Waals surface area contributed by atoms with Gasteiger partial charge >= 0.3 is 0 Å². The van der Waals surface area contributed by atoms with Crippen LogP contribution in [0.5, 0.6) is 0 Å². The highest BCUT2D eigenvalue weighted by Crippen LogP contribution is 2.39. The second kappa shape index (κ2) is 7.05. The van der Waals surface area contributed by atoms with Crippen molar-refractivity contribution in [2.45, 2.75) is 33.2 Å². The zero-order chi connectivity index (χ0) is 19.1. The summed E-state index contributed by atoms with van der Waals surface area (Å²) in [5, 5.41) is 0.971. The third kappa shape index (κ3) is 3.51. The Kier molecular flexibility index (Phi) is 5.14. The number of fused-ring (bicyclic) bond motifs is 1. The smallest absolute Gasteiger partial charge is 0.134 e. The highest BCUT2D eigenvalue weighted by atomic mass is 35.5. The molecule has 0 saturated carbocycles. The summed E-state index contributed by atoms with van der Waals surface area (Å²) in [6.45, 7) is 9.22. The predicted octanol–water partition coefficient (Wildman–Crippen LogP) is 6.90. The maximum atomic E-state index is 14.7. The van der Waals surface area contributed by atoms with Gasteiger partial charge in [-0.3, -0.25) is 4.99 Å². The molecule has 3 rings (SSSR count). The zero-order valence-electron chi connectivity index (χ0n) is 15.3. The van der Waals surface area contributed by atoms with Crippen molar-refractivity contribution in [1.29, 1.82) is 0 Å². The Labute approximate surface area is 164 Å². The molecule has 0 atom stereocenters. The fourth-order valence-electron chi connectivity index (χ4n) is 3.52. The zero-order valence-corrected chi connectivity index (χ0v) is 16.8. The van der Waals surface area contributed by atoms with Gasteiger partial charge in [0, 0.05) is 34.6 Å². The number of nitrogens with zero attached hydrogens (tertiary/aromatic N) is 2. The van der Waals surface area contributed by atoms with Crippen LogP contribution in [0.4, 0.5) is 15.8 Å². The number of allylic oxidation sites excluding steroid dienone is 1. The van der Waals surface area contributed by atoms with E-state index in [1.165, 1.54) is 6.21 Å². The van der Waals surface area contributed by atoms with Crippen molar-refractivity contribution in [3.63, 3.8) is 0 Å². The second-order valence-electron chi connectivity index (χ2n) is 6.97. The molecule has 0 unspecified atom stereocenters. The minimum absolute atomic E-state index is 0.148. The SMILES string of the molecule is CCN1c2cc(F)c(C=Nc3ccc(Cl)cc3Cl)cc2C(C)=CC1(C)C. The van der Waals surface area contributed by atoms with E-state index in [9.17, 15) is 4.39 Å². The number of halogens is 3. The first-order valence-electron chi connectivity index (χ1n) is 8.53. The Balaban J connectivity index is 2.04. The largest absolute Gasteiger partial charge is 0.363 e. The maximum absolute atomic E-state index is 14.7. The number of hydrogen-bond donors (Lipinski definition) is 0. The van der Waals surface area contributed by atoms with E-state index in [-0.39, 0.29) is 11.4 Å². The van der Waals surface area contributed by atoms with Crippen molar-refractivity contribution >= 4 is 46.4 Å². The van der Waals surface area contributed by atoms with Gasteiger partial charge in [0.05, 0.1) is 16.2 Å². The van der Waals surface area contributed by atoms with E-state index in [4.69, 9.17) is 23.2 Å². The average Bonchev–Trinajstić information content (AvgIpc) is 2.54. The van der Waals surface area contributed by atoms with Crippen molar-refractivity contribution in [2.24, 2.45) is 4.99 Å². The molecule has 0 amide bonds. The fraction of sp³-hybridized carbons (Fsp3) is 0.286. The standard InChI is InChI=1S/C21H21Cl2FN2/c1-5-26-20-10-18(24)14(8-16(20)13(2)11-21(26,3)4)12-25-19-7-6-15(22)9-17(19)23/h6-12H,5H2,1-4H3. The summed E-state index contributed by atoms with van der Waals surface area (Å²) in [5.41, 5.74) is 3.90. The van der Waals surface area contributed by atoms with Gasteiger partial charge in [-0.15, -0.1) is 0 Å². The summed E-state index contributed by atoms with van der Waals surface area (Å²) in [5.74, 6) is -0.304. The van der Waals surface area contributed by atoms with Crippen LogP contribution in [0.1, 0.15) is 38.8 Å². The first kappa shape index (κ1) is 18.9. The first-order valence-corrected chi connectivity index (χ1v) is 9.28. The molecule has 0 N–H and O–H groups in total. The Morgan fingerprint density at radius 3 is 2.58 bits per heavy atom. The summed E-state index contributed by atoms with van der Waals surface area (Å²) in [6.07, 6.45) is 3.72. The normalized spacial score (nSPS) is 16.0. The molecule has 1 aliphatic rings. The molecule has 5 heteroatoms. The van der Waals surface area contributed by atoms with Crippen LogP contribution in [0.15, 0.2) is 41.4 Å². The third-order valence-electron chi connectivity index (χ3n) is 4.66. The molecule has 0 aromatic heterocycles. The van der Waals surface area contributed by atoms with E-state index in [2.05, 4.69) is 43.7 Å². The molecular formula is C21H21Cl2FN2. The lowest BCUT2D eigenvalue weighted by Crippen LogP contribution is -2.45. The van der Waals surface area contributed by atoms with Gasteiger partial charge in [-0.05, 0) is 63.6 Å². The van der Waals surface area contributed by atoms with Crippen LogP contribution in [-0.4, -0.2) is 18.3 Å². The molecule has 0 fully saturated rings. The Morgan fingerprint density at radius 2 is 1.92 bits per heavy atom. The highest BCUT2D eigenvalue weighted by molar-refractivity contribution is 6.36. The van der Waals surface area contributed by atoms with Crippen molar-refractivity contribution < 1.29 is 4.39 Å². The summed E-state index contributed by atoms with van der Waals surface area (Å²) in [4.78, 5) is 6.53. The van der Waals surface area contributed by atoms with Gasteiger partial charge in [0.15, 0.2) is 0 Å². The quantitative estimate of drug-likeness (QED) is 0.520. The van der Waals surface area contributed by atoms with Crippen LogP contribution in [0, 0.1) is 5.82 Å². The summed E-state index contributed by atoms with van der Waals surface area (Å²) < 4.78 is 14.7. The van der Waals surface area contributed by atoms with E-state index in [1.54, 1.807) is 24.3 Å². The molecule has 2 nitrogen and oxygen atoms in total. The van der Waals surface area contributed by atoms with Crippen molar-refractivity contribution in [3.8, 4) is 0 Å². The minimum atomic E-state index is -0.304. The molecule has 2 aromatic carbocycles. The lowest BCUT2D eigenvalue weighted by molar-refractivity contribution is 0.561. The molecule has 2 aromatic rings. The monoisotopic (exact) mass is 390 g/mol. The Morgan fingerprint density at radius 1 is 1.19 bits per heavy atom. The number of likely N-dealkylation sites (N-methyl/N-ethyl adjacent to an activating group) is 1. The van der Waals surface area contributed by atoms with Crippen LogP contribution in [0.3, 0.4) is 0 Å². The van der Waals surface area contributed by atoms with Gasteiger partial charge < -0.3 is 4.90 Å². The van der Waals surface area contributed by atoms with Gasteiger partial charge in [0.25, 0.3) is 0 Å². The molecule has 0 aliphatic carbocycles. The third-order valence-corrected chi connectivity index (χ3v) is 5.20. The van der Waals surface area contributed by atoms with E-state index in [0.717, 1.165) is 23.4 Å². The molecule has 0 radical (unpaired) electrons. The second-order valence-corrected chi connectivity index (χ2v) is 7.81. The summed E-state index contributed by atoms with van der Waals surface area (Å²) in [6, 6.07) is 8.48. The van der Waals surface area contributed by atoms with E-state index < -0.39 is 0 Å². The number of anilines is 1. The van der Waals surface area contributed by atoms with Crippen LogP contribution in [0.2, 0.25) is 10.0 Å².